The first-order valence-electron chi connectivity index (χ1n) is 9.81. The molecular weight excluding hydrogens is 382 g/mol. The largest absolute Gasteiger partial charge is 0.378 e. The van der Waals surface area contributed by atoms with E-state index in [-0.39, 0.29) is 5.91 Å². The number of hydrogen-bond donors (Lipinski definition) is 1. The number of nitrogens with zero attached hydrogens (tertiary/aromatic N) is 6. The number of benzene rings is 1. The van der Waals surface area contributed by atoms with Crippen LogP contribution in [0.3, 0.4) is 0 Å². The Labute approximate surface area is 175 Å². The molecule has 1 fully saturated rings. The molecule has 0 aliphatic carbocycles. The summed E-state index contributed by atoms with van der Waals surface area (Å²) in [6.07, 6.45) is 3.48. The van der Waals surface area contributed by atoms with E-state index in [1.54, 1.807) is 32.6 Å². The van der Waals surface area contributed by atoms with Gasteiger partial charge in [-0.2, -0.15) is 10.1 Å². The molecule has 0 bridgehead atoms. The Morgan fingerprint density at radius 1 is 1.23 bits per heavy atom. The fourth-order valence-electron chi connectivity index (χ4n) is 3.27. The highest BCUT2D eigenvalue weighted by atomic mass is 16.5. The lowest BCUT2D eigenvalue weighted by Gasteiger charge is -2.28. The van der Waals surface area contributed by atoms with Crippen LogP contribution in [0.2, 0.25) is 0 Å². The van der Waals surface area contributed by atoms with Crippen molar-refractivity contribution in [2.45, 2.75) is 6.92 Å². The molecule has 1 aliphatic heterocycles. The molecule has 0 unspecified atom stereocenters. The van der Waals surface area contributed by atoms with Crippen LogP contribution in [-0.4, -0.2) is 71.8 Å². The van der Waals surface area contributed by atoms with Gasteiger partial charge < -0.3 is 14.5 Å². The van der Waals surface area contributed by atoms with Crippen molar-refractivity contribution < 1.29 is 9.53 Å². The summed E-state index contributed by atoms with van der Waals surface area (Å²) in [7, 11) is 3.42. The quantitative estimate of drug-likeness (QED) is 0.514. The number of carbonyl (C=O) groups is 1. The van der Waals surface area contributed by atoms with Crippen molar-refractivity contribution in [3.05, 3.63) is 53.3 Å². The lowest BCUT2D eigenvalue weighted by molar-refractivity contribution is 0.0822. The molecule has 1 aromatic carbocycles. The summed E-state index contributed by atoms with van der Waals surface area (Å²) in [4.78, 5) is 25.3. The first-order valence-corrected chi connectivity index (χ1v) is 9.81. The Morgan fingerprint density at radius 3 is 2.77 bits per heavy atom. The zero-order chi connectivity index (χ0) is 21.1. The van der Waals surface area contributed by atoms with E-state index in [0.29, 0.717) is 49.4 Å². The van der Waals surface area contributed by atoms with E-state index >= 15 is 0 Å². The van der Waals surface area contributed by atoms with Crippen LogP contribution in [-0.2, 0) is 4.74 Å². The van der Waals surface area contributed by atoms with Crippen LogP contribution in [0, 0.1) is 6.92 Å². The van der Waals surface area contributed by atoms with Gasteiger partial charge in [0.1, 0.15) is 11.3 Å². The van der Waals surface area contributed by atoms with Gasteiger partial charge in [0, 0.05) is 39.4 Å². The van der Waals surface area contributed by atoms with E-state index in [4.69, 9.17) is 9.72 Å². The highest BCUT2D eigenvalue weighted by Gasteiger charge is 2.20. The lowest BCUT2D eigenvalue weighted by Crippen LogP contribution is -2.38. The van der Waals surface area contributed by atoms with E-state index in [2.05, 4.69) is 26.5 Å². The molecule has 1 aliphatic rings. The fraction of sp³-hybridized carbons (Fsp3) is 0.333. The van der Waals surface area contributed by atoms with Crippen LogP contribution in [0.25, 0.3) is 5.65 Å². The van der Waals surface area contributed by atoms with Gasteiger partial charge in [0.15, 0.2) is 5.82 Å². The van der Waals surface area contributed by atoms with Crippen LogP contribution in [0.5, 0.6) is 0 Å². The van der Waals surface area contributed by atoms with Crippen LogP contribution in [0.4, 0.5) is 11.8 Å². The smallest absolute Gasteiger partial charge is 0.273 e. The Morgan fingerprint density at radius 2 is 2.03 bits per heavy atom. The molecule has 2 aromatic heterocycles. The number of carbonyl (C=O) groups excluding carboxylic acids is 1. The van der Waals surface area contributed by atoms with E-state index in [9.17, 15) is 4.79 Å². The standard InChI is InChI=1S/C21H25N7O2/c1-15-5-4-6-16(11-15)13-22-25-18-12-19-23-17(20(29)26(2)3)14-28(19)21(24-18)27-7-9-30-10-8-27/h4-6,11-14,25H,7-10H2,1-3H3/b22-13+. The van der Waals surface area contributed by atoms with Crippen LogP contribution in [0.1, 0.15) is 21.6 Å². The fourth-order valence-corrected chi connectivity index (χ4v) is 3.27. The predicted molar refractivity (Wildman–Crippen MR) is 116 cm³/mol. The number of aromatic nitrogens is 3. The van der Waals surface area contributed by atoms with Crippen LogP contribution >= 0.6 is 0 Å². The second kappa shape index (κ2) is 8.50. The van der Waals surface area contributed by atoms with E-state index in [1.807, 2.05) is 29.5 Å². The summed E-state index contributed by atoms with van der Waals surface area (Å²) >= 11 is 0. The van der Waals surface area contributed by atoms with Gasteiger partial charge in [-0.1, -0.05) is 29.8 Å². The summed E-state index contributed by atoms with van der Waals surface area (Å²) in [5.74, 6) is 1.11. The van der Waals surface area contributed by atoms with Crippen molar-refractivity contribution in [3.8, 4) is 0 Å². The number of nitrogens with one attached hydrogen (secondary N) is 1. The van der Waals surface area contributed by atoms with Gasteiger partial charge >= 0.3 is 0 Å². The Hall–Kier alpha value is -3.46. The van der Waals surface area contributed by atoms with Gasteiger partial charge in [-0.3, -0.25) is 14.6 Å². The van der Waals surface area contributed by atoms with Gasteiger partial charge in [-0.05, 0) is 12.5 Å². The number of morpholine rings is 1. The van der Waals surface area contributed by atoms with Gasteiger partial charge in [-0.15, -0.1) is 0 Å². The molecule has 9 nitrogen and oxygen atoms in total. The number of hydrazone groups is 1. The van der Waals surface area contributed by atoms with E-state index in [0.717, 1.165) is 5.56 Å². The van der Waals surface area contributed by atoms with Crippen molar-refractivity contribution in [1.82, 2.24) is 19.3 Å². The van der Waals surface area contributed by atoms with E-state index < -0.39 is 0 Å². The number of rotatable bonds is 5. The topological polar surface area (TPSA) is 87.4 Å². The maximum atomic E-state index is 12.4. The molecule has 30 heavy (non-hydrogen) atoms. The molecule has 4 rings (SSSR count). The number of imidazole rings is 1. The number of aryl methyl sites for hydroxylation is 1. The molecule has 1 amide bonds. The monoisotopic (exact) mass is 407 g/mol. The van der Waals surface area contributed by atoms with Crippen LogP contribution in [0.15, 0.2) is 41.6 Å². The third kappa shape index (κ3) is 4.25. The highest BCUT2D eigenvalue weighted by Crippen LogP contribution is 2.21. The molecule has 1 saturated heterocycles. The van der Waals surface area contributed by atoms with Gasteiger partial charge in [0.25, 0.3) is 5.91 Å². The van der Waals surface area contributed by atoms with Crippen molar-refractivity contribution in [1.29, 1.82) is 0 Å². The van der Waals surface area contributed by atoms with Crippen molar-refractivity contribution in [3.63, 3.8) is 0 Å². The Kier molecular flexibility index (Phi) is 5.62. The number of anilines is 2. The molecule has 1 N–H and O–H groups in total. The summed E-state index contributed by atoms with van der Waals surface area (Å²) < 4.78 is 7.31. The SMILES string of the molecule is Cc1cccc(/C=N/Nc2cc3nc(C(=O)N(C)C)cn3c(N3CCOCC3)n2)c1. The summed E-state index contributed by atoms with van der Waals surface area (Å²) in [6.45, 7) is 4.73. The van der Waals surface area contributed by atoms with Gasteiger partial charge in [-0.25, -0.2) is 4.98 Å². The predicted octanol–water partition coefficient (Wildman–Crippen LogP) is 2.02. The molecule has 0 atom stereocenters. The van der Waals surface area contributed by atoms with E-state index in [1.165, 1.54) is 10.5 Å². The van der Waals surface area contributed by atoms with Crippen molar-refractivity contribution in [2.75, 3.05) is 50.7 Å². The first kappa shape index (κ1) is 19.8. The Balaban J connectivity index is 1.68. The number of hydrogen-bond acceptors (Lipinski definition) is 7. The number of ether oxygens (including phenoxy) is 1. The van der Waals surface area contributed by atoms with Gasteiger partial charge in [0.05, 0.1) is 19.4 Å². The molecular formula is C21H25N7O2. The molecule has 0 spiro atoms. The third-order valence-corrected chi connectivity index (χ3v) is 4.79. The summed E-state index contributed by atoms with van der Waals surface area (Å²) in [5, 5.41) is 4.32. The molecule has 9 heteroatoms. The number of amides is 1. The minimum absolute atomic E-state index is 0.154. The maximum Gasteiger partial charge on any atom is 0.273 e. The second-order valence-electron chi connectivity index (χ2n) is 7.38. The minimum Gasteiger partial charge on any atom is -0.378 e. The molecule has 3 aromatic rings. The van der Waals surface area contributed by atoms with Gasteiger partial charge in [0.2, 0.25) is 5.95 Å². The molecule has 0 radical (unpaired) electrons. The van der Waals surface area contributed by atoms with Crippen molar-refractivity contribution in [2.24, 2.45) is 5.10 Å². The molecule has 0 saturated carbocycles. The zero-order valence-corrected chi connectivity index (χ0v) is 17.4. The summed E-state index contributed by atoms with van der Waals surface area (Å²) in [6, 6.07) is 9.85. The first-order chi connectivity index (χ1) is 14.5. The number of fused-ring (bicyclic) bond motifs is 1. The normalized spacial score (nSPS) is 14.4. The highest BCUT2D eigenvalue weighted by molar-refractivity contribution is 5.92. The van der Waals surface area contributed by atoms with Crippen molar-refractivity contribution >= 4 is 29.5 Å². The molecule has 156 valence electrons. The average Bonchev–Trinajstić information content (AvgIpc) is 3.17. The molecule has 3 heterocycles. The summed E-state index contributed by atoms with van der Waals surface area (Å²) in [5.41, 5.74) is 6.17. The maximum absolute atomic E-state index is 12.4. The second-order valence-corrected chi connectivity index (χ2v) is 7.38. The zero-order valence-electron chi connectivity index (χ0n) is 17.4. The Bertz CT molecular complexity index is 1080. The lowest BCUT2D eigenvalue weighted by atomic mass is 10.2. The average molecular weight is 407 g/mol. The minimum atomic E-state index is -0.154. The van der Waals surface area contributed by atoms with Crippen LogP contribution < -0.4 is 10.3 Å². The third-order valence-electron chi connectivity index (χ3n) is 4.79.